The predicted octanol–water partition coefficient (Wildman–Crippen LogP) is 4.91. The van der Waals surface area contributed by atoms with E-state index in [2.05, 4.69) is 20.9 Å². The fourth-order valence-electron chi connectivity index (χ4n) is 5.66. The summed E-state index contributed by atoms with van der Waals surface area (Å²) in [6.07, 6.45) is 1.89. The SMILES string of the molecule is COc1ccc(CN(C)C)cc1NC(=O)C(NC(=O)N1CCN(C(=O)Nc2ccccc2)CC1)C(C)c1c[nH]c2ccccc12. The summed E-state index contributed by atoms with van der Waals surface area (Å²) in [5, 5.41) is 9.93. The zero-order valence-corrected chi connectivity index (χ0v) is 26.2. The van der Waals surface area contributed by atoms with Gasteiger partial charge in [-0.1, -0.05) is 49.4 Å². The molecule has 5 rings (SSSR count). The van der Waals surface area contributed by atoms with Crippen LogP contribution in [0.3, 0.4) is 0 Å². The molecule has 1 aromatic heterocycles. The molecule has 1 aliphatic heterocycles. The summed E-state index contributed by atoms with van der Waals surface area (Å²) in [5.41, 5.74) is 4.13. The predicted molar refractivity (Wildman–Crippen MR) is 177 cm³/mol. The molecule has 5 amide bonds. The number of rotatable bonds is 9. The molecular weight excluding hydrogens is 570 g/mol. The minimum Gasteiger partial charge on any atom is -0.495 e. The highest BCUT2D eigenvalue weighted by Crippen LogP contribution is 2.30. The van der Waals surface area contributed by atoms with Gasteiger partial charge in [0.05, 0.1) is 12.8 Å². The smallest absolute Gasteiger partial charge is 0.321 e. The van der Waals surface area contributed by atoms with Crippen molar-refractivity contribution in [2.75, 3.05) is 58.0 Å². The highest BCUT2D eigenvalue weighted by atomic mass is 16.5. The van der Waals surface area contributed by atoms with Crippen LogP contribution >= 0.6 is 0 Å². The van der Waals surface area contributed by atoms with E-state index in [9.17, 15) is 14.4 Å². The lowest BCUT2D eigenvalue weighted by molar-refractivity contribution is -0.118. The number of methoxy groups -OCH3 is 1. The van der Waals surface area contributed by atoms with Crippen LogP contribution < -0.4 is 20.7 Å². The van der Waals surface area contributed by atoms with Gasteiger partial charge in [-0.2, -0.15) is 0 Å². The maximum atomic E-state index is 14.0. The number of aromatic nitrogens is 1. The number of hydrogen-bond acceptors (Lipinski definition) is 5. The quantitative estimate of drug-likeness (QED) is 0.214. The van der Waals surface area contributed by atoms with Gasteiger partial charge in [-0.05, 0) is 55.6 Å². The molecular formula is C34H41N7O4. The van der Waals surface area contributed by atoms with Gasteiger partial charge in [-0.15, -0.1) is 0 Å². The van der Waals surface area contributed by atoms with E-state index in [1.54, 1.807) is 16.9 Å². The highest BCUT2D eigenvalue weighted by Gasteiger charge is 2.33. The number of nitrogens with one attached hydrogen (secondary N) is 4. The molecule has 0 saturated carbocycles. The molecule has 2 unspecified atom stereocenters. The van der Waals surface area contributed by atoms with Crippen LogP contribution in [0.15, 0.2) is 79.0 Å². The monoisotopic (exact) mass is 611 g/mol. The van der Waals surface area contributed by atoms with Crippen LogP contribution in [0.2, 0.25) is 0 Å². The van der Waals surface area contributed by atoms with Crippen LogP contribution in [-0.2, 0) is 11.3 Å². The Kier molecular flexibility index (Phi) is 9.89. The number of urea groups is 2. The second-order valence-electron chi connectivity index (χ2n) is 11.5. The van der Waals surface area contributed by atoms with Crippen molar-refractivity contribution in [1.29, 1.82) is 0 Å². The van der Waals surface area contributed by atoms with Gasteiger partial charge in [-0.3, -0.25) is 4.79 Å². The molecule has 0 bridgehead atoms. The Hall–Kier alpha value is -5.03. The number of amides is 5. The molecule has 3 aromatic carbocycles. The van der Waals surface area contributed by atoms with Gasteiger partial charge in [-0.25, -0.2) is 9.59 Å². The van der Waals surface area contributed by atoms with Gasteiger partial charge in [0.2, 0.25) is 5.91 Å². The summed E-state index contributed by atoms with van der Waals surface area (Å²) >= 11 is 0. The third-order valence-corrected chi connectivity index (χ3v) is 8.07. The number of para-hydroxylation sites is 2. The molecule has 0 radical (unpaired) electrons. The molecule has 0 spiro atoms. The van der Waals surface area contributed by atoms with Crippen LogP contribution in [0.5, 0.6) is 5.75 Å². The normalized spacial score (nSPS) is 14.6. The Balaban J connectivity index is 1.33. The van der Waals surface area contributed by atoms with Gasteiger partial charge in [0.15, 0.2) is 0 Å². The van der Waals surface area contributed by atoms with E-state index in [0.717, 1.165) is 22.0 Å². The summed E-state index contributed by atoms with van der Waals surface area (Å²) in [6.45, 7) is 4.04. The first-order valence-electron chi connectivity index (χ1n) is 15.1. The first kappa shape index (κ1) is 31.4. The molecule has 11 heteroatoms. The van der Waals surface area contributed by atoms with Crippen molar-refractivity contribution in [3.63, 3.8) is 0 Å². The highest BCUT2D eigenvalue weighted by molar-refractivity contribution is 5.99. The number of aromatic amines is 1. The average Bonchev–Trinajstić information content (AvgIpc) is 3.48. The Morgan fingerprint density at radius 3 is 2.24 bits per heavy atom. The van der Waals surface area contributed by atoms with E-state index >= 15 is 0 Å². The van der Waals surface area contributed by atoms with E-state index in [4.69, 9.17) is 4.74 Å². The van der Waals surface area contributed by atoms with Crippen LogP contribution in [0.1, 0.15) is 24.0 Å². The van der Waals surface area contributed by atoms with Gasteiger partial charge in [0.25, 0.3) is 0 Å². The fourth-order valence-corrected chi connectivity index (χ4v) is 5.66. The lowest BCUT2D eigenvalue weighted by atomic mass is 9.92. The number of carbonyl (C=O) groups is 3. The largest absolute Gasteiger partial charge is 0.495 e. The zero-order valence-electron chi connectivity index (χ0n) is 26.2. The Labute approximate surface area is 263 Å². The lowest BCUT2D eigenvalue weighted by Crippen LogP contribution is -2.57. The number of anilines is 2. The maximum Gasteiger partial charge on any atom is 0.321 e. The number of nitrogens with zero attached hydrogens (tertiary/aromatic N) is 3. The molecule has 1 aliphatic rings. The van der Waals surface area contributed by atoms with Crippen LogP contribution in [0.25, 0.3) is 10.9 Å². The van der Waals surface area contributed by atoms with Gasteiger partial charge in [0.1, 0.15) is 11.8 Å². The summed E-state index contributed by atoms with van der Waals surface area (Å²) in [7, 11) is 5.52. The third-order valence-electron chi connectivity index (χ3n) is 8.07. The van der Waals surface area contributed by atoms with Crippen molar-refractivity contribution in [1.82, 2.24) is 25.0 Å². The van der Waals surface area contributed by atoms with Crippen molar-refractivity contribution in [2.24, 2.45) is 0 Å². The van der Waals surface area contributed by atoms with E-state index in [0.29, 0.717) is 49.8 Å². The lowest BCUT2D eigenvalue weighted by Gasteiger charge is -2.36. The number of benzene rings is 3. The molecule has 4 N–H and O–H groups in total. The first-order valence-corrected chi connectivity index (χ1v) is 15.1. The zero-order chi connectivity index (χ0) is 31.9. The summed E-state index contributed by atoms with van der Waals surface area (Å²) in [5.74, 6) is -0.207. The standard InChI is InChI=1S/C34H41N7O4/c1-23(27-21-35-28-13-9-8-12-26(27)28)31(32(42)37-29-20-24(22-39(2)3)14-15-30(29)45-4)38-34(44)41-18-16-40(17-19-41)33(43)36-25-10-6-5-7-11-25/h5-15,20-21,23,31,35H,16-19,22H2,1-4H3,(H,36,43)(H,37,42)(H,38,44). The maximum absolute atomic E-state index is 14.0. The number of piperazine rings is 1. The molecule has 45 heavy (non-hydrogen) atoms. The number of carbonyl (C=O) groups excluding carboxylic acids is 3. The van der Waals surface area contributed by atoms with Gasteiger partial charge in [0, 0.05) is 61.4 Å². The van der Waals surface area contributed by atoms with E-state index < -0.39 is 6.04 Å². The average molecular weight is 612 g/mol. The molecule has 11 nitrogen and oxygen atoms in total. The molecule has 1 saturated heterocycles. The first-order chi connectivity index (χ1) is 21.7. The van der Waals surface area contributed by atoms with Crippen molar-refractivity contribution >= 4 is 40.2 Å². The summed E-state index contributed by atoms with van der Waals surface area (Å²) < 4.78 is 5.55. The third kappa shape index (κ3) is 7.55. The number of hydrogen-bond donors (Lipinski definition) is 4. The number of ether oxygens (including phenoxy) is 1. The molecule has 4 aromatic rings. The van der Waals surface area contributed by atoms with Crippen molar-refractivity contribution in [3.8, 4) is 5.75 Å². The minimum atomic E-state index is -0.904. The second kappa shape index (κ2) is 14.2. The molecule has 2 atom stereocenters. The Morgan fingerprint density at radius 2 is 1.56 bits per heavy atom. The Bertz CT molecular complexity index is 1630. The van der Waals surface area contributed by atoms with Crippen molar-refractivity contribution in [2.45, 2.75) is 25.4 Å². The van der Waals surface area contributed by atoms with E-state index in [1.165, 1.54) is 0 Å². The van der Waals surface area contributed by atoms with Gasteiger partial charge < -0.3 is 40.4 Å². The molecule has 2 heterocycles. The van der Waals surface area contributed by atoms with Crippen LogP contribution in [0.4, 0.5) is 21.0 Å². The molecule has 236 valence electrons. The number of fused-ring (bicyclic) bond motifs is 1. The van der Waals surface area contributed by atoms with Crippen molar-refractivity contribution in [3.05, 3.63) is 90.1 Å². The molecule has 1 fully saturated rings. The topological polar surface area (TPSA) is 122 Å². The van der Waals surface area contributed by atoms with Crippen LogP contribution in [0, 0.1) is 0 Å². The van der Waals surface area contributed by atoms with Gasteiger partial charge >= 0.3 is 12.1 Å². The second-order valence-corrected chi connectivity index (χ2v) is 11.5. The Morgan fingerprint density at radius 1 is 0.889 bits per heavy atom. The fraction of sp³-hybridized carbons (Fsp3) is 0.324. The summed E-state index contributed by atoms with van der Waals surface area (Å²) in [6, 6.07) is 21.4. The van der Waals surface area contributed by atoms with E-state index in [1.807, 2.05) is 105 Å². The van der Waals surface area contributed by atoms with Crippen LogP contribution in [-0.4, -0.2) is 91.1 Å². The summed E-state index contributed by atoms with van der Waals surface area (Å²) in [4.78, 5) is 49.1. The minimum absolute atomic E-state index is 0.211. The van der Waals surface area contributed by atoms with E-state index in [-0.39, 0.29) is 23.9 Å². The number of H-pyrrole nitrogens is 1. The molecule has 0 aliphatic carbocycles. The van der Waals surface area contributed by atoms with Crippen molar-refractivity contribution < 1.29 is 19.1 Å².